The molecular formula is C42H24IrN3O6. The molecule has 0 bridgehead atoms. The van der Waals surface area contributed by atoms with E-state index in [9.17, 15) is 14.4 Å². The van der Waals surface area contributed by atoms with Crippen LogP contribution in [0.4, 0.5) is 0 Å². The van der Waals surface area contributed by atoms with Crippen LogP contribution in [0.15, 0.2) is 146 Å². The van der Waals surface area contributed by atoms with Crippen molar-refractivity contribution in [2.75, 3.05) is 0 Å². The van der Waals surface area contributed by atoms with E-state index in [1.54, 1.807) is 55.0 Å². The first-order valence-corrected chi connectivity index (χ1v) is 15.6. The van der Waals surface area contributed by atoms with Crippen molar-refractivity contribution in [3.05, 3.63) is 181 Å². The number of nitrogens with zero attached hydrogens (tertiary/aromatic N) is 3. The number of aromatic nitrogens is 3. The summed E-state index contributed by atoms with van der Waals surface area (Å²) in [5.41, 5.74) is 4.83. The number of rotatable bonds is 9. The predicted octanol–water partition coefficient (Wildman–Crippen LogP) is 7.93. The monoisotopic (exact) mass is 859 g/mol. The summed E-state index contributed by atoms with van der Waals surface area (Å²) in [7, 11) is 0. The normalized spacial score (nSPS) is 10.4. The first-order valence-electron chi connectivity index (χ1n) is 15.6. The molecule has 0 unspecified atom stereocenters. The van der Waals surface area contributed by atoms with E-state index in [1.807, 2.05) is 54.6 Å². The van der Waals surface area contributed by atoms with Crippen molar-refractivity contribution in [1.29, 1.82) is 0 Å². The molecule has 0 radical (unpaired) electrons. The van der Waals surface area contributed by atoms with Crippen LogP contribution in [-0.2, 0) is 20.1 Å². The molecule has 0 saturated heterocycles. The first-order chi connectivity index (χ1) is 25.0. The van der Waals surface area contributed by atoms with Gasteiger partial charge in [0, 0.05) is 36.8 Å². The van der Waals surface area contributed by atoms with E-state index in [4.69, 9.17) is 14.2 Å². The minimum absolute atomic E-state index is 0. The van der Waals surface area contributed by atoms with Gasteiger partial charge in [-0.1, -0.05) is 36.4 Å². The Bertz CT molecular complexity index is 2030. The van der Waals surface area contributed by atoms with Crippen LogP contribution in [0.25, 0.3) is 33.8 Å². The van der Waals surface area contributed by atoms with Crippen molar-refractivity contribution in [3.8, 4) is 51.0 Å². The number of hydrogen-bond acceptors (Lipinski definition) is 9. The molecule has 0 atom stereocenters. The molecule has 0 aliphatic carbocycles. The van der Waals surface area contributed by atoms with E-state index >= 15 is 0 Å². The van der Waals surface area contributed by atoms with Crippen LogP contribution in [0.1, 0.15) is 31.1 Å². The van der Waals surface area contributed by atoms with Gasteiger partial charge in [-0.15, -0.1) is 89.5 Å². The third-order valence-corrected chi connectivity index (χ3v) is 7.45. The number of ether oxygens (including phenoxy) is 3. The molecular weight excluding hydrogens is 835 g/mol. The van der Waals surface area contributed by atoms with Crippen molar-refractivity contribution in [2.45, 2.75) is 0 Å². The zero-order chi connectivity index (χ0) is 35.0. The maximum atomic E-state index is 13.2. The minimum Gasteiger partial charge on any atom is -0.430 e. The van der Waals surface area contributed by atoms with E-state index in [0.717, 1.165) is 0 Å². The second kappa shape index (κ2) is 16.4. The molecule has 9 nitrogen and oxygen atoms in total. The van der Waals surface area contributed by atoms with Crippen molar-refractivity contribution >= 4 is 17.9 Å². The summed E-state index contributed by atoms with van der Waals surface area (Å²) in [6, 6.07) is 44.0. The third-order valence-electron chi connectivity index (χ3n) is 7.45. The largest absolute Gasteiger partial charge is 3.00 e. The molecule has 0 aliphatic heterocycles. The fourth-order valence-corrected chi connectivity index (χ4v) is 4.92. The molecule has 4 aromatic carbocycles. The zero-order valence-corrected chi connectivity index (χ0v) is 29.4. The van der Waals surface area contributed by atoms with Crippen LogP contribution in [0.3, 0.4) is 0 Å². The van der Waals surface area contributed by atoms with Gasteiger partial charge in [0.2, 0.25) is 0 Å². The predicted molar refractivity (Wildman–Crippen MR) is 187 cm³/mol. The van der Waals surface area contributed by atoms with Gasteiger partial charge in [-0.25, -0.2) is 0 Å². The molecule has 0 spiro atoms. The molecule has 7 rings (SSSR count). The van der Waals surface area contributed by atoms with Gasteiger partial charge in [0.25, 0.3) is 0 Å². The van der Waals surface area contributed by atoms with Crippen LogP contribution in [0.5, 0.6) is 17.2 Å². The molecule has 0 aliphatic rings. The third kappa shape index (κ3) is 8.57. The maximum Gasteiger partial charge on any atom is 3.00 e. The second-order valence-corrected chi connectivity index (χ2v) is 10.9. The number of carbonyl (C=O) groups excluding carboxylic acids is 3. The van der Waals surface area contributed by atoms with Gasteiger partial charge in [0.15, 0.2) is 0 Å². The maximum absolute atomic E-state index is 13.2. The van der Waals surface area contributed by atoms with Crippen LogP contribution in [0, 0.1) is 18.2 Å². The summed E-state index contributed by atoms with van der Waals surface area (Å²) < 4.78 is 16.9. The van der Waals surface area contributed by atoms with Crippen molar-refractivity contribution in [2.24, 2.45) is 0 Å². The topological polar surface area (TPSA) is 118 Å². The van der Waals surface area contributed by atoms with Crippen LogP contribution >= 0.6 is 0 Å². The Labute approximate surface area is 312 Å². The quantitative estimate of drug-likeness (QED) is 0.0811. The summed E-state index contributed by atoms with van der Waals surface area (Å²) in [6.07, 6.45) is 5.00. The summed E-state index contributed by atoms with van der Waals surface area (Å²) in [5.74, 6) is -2.22. The van der Waals surface area contributed by atoms with E-state index in [2.05, 4.69) is 33.2 Å². The Balaban J connectivity index is 0.00000464. The van der Waals surface area contributed by atoms with Crippen molar-refractivity contribution < 1.29 is 48.7 Å². The van der Waals surface area contributed by atoms with Gasteiger partial charge >= 0.3 is 38.0 Å². The number of hydrogen-bond donors (Lipinski definition) is 0. The molecule has 0 saturated carbocycles. The summed E-state index contributed by atoms with van der Waals surface area (Å²) in [6.45, 7) is 0. The molecule has 52 heavy (non-hydrogen) atoms. The Morgan fingerprint density at radius 3 is 0.962 bits per heavy atom. The average Bonchev–Trinajstić information content (AvgIpc) is 3.19. The minimum atomic E-state index is -0.709. The summed E-state index contributed by atoms with van der Waals surface area (Å²) in [4.78, 5) is 52.4. The molecule has 252 valence electrons. The molecule has 3 heterocycles. The fraction of sp³-hybridized carbons (Fsp3) is 0. The number of benzene rings is 4. The molecule has 3 aromatic heterocycles. The van der Waals surface area contributed by atoms with E-state index in [-0.39, 0.29) is 54.0 Å². The zero-order valence-electron chi connectivity index (χ0n) is 27.0. The molecule has 0 fully saturated rings. The SMILES string of the molecule is O=C(Oc1cc(OC(=O)c2c[c-]c(-c3ccccn3)cc2)cc(OC(=O)c2c[c-]c(-c3ccccn3)cc2)c1)c1c[c-]c(-c2ccccn2)cc1.[Ir+3]. The Morgan fingerprint density at radius 2 is 0.731 bits per heavy atom. The fourth-order valence-electron chi connectivity index (χ4n) is 4.92. The Kier molecular flexibility index (Phi) is 11.1. The number of pyridine rings is 3. The molecule has 0 N–H and O–H groups in total. The average molecular weight is 859 g/mol. The van der Waals surface area contributed by atoms with Gasteiger partial charge < -0.3 is 29.2 Å². The van der Waals surface area contributed by atoms with Crippen LogP contribution < -0.4 is 14.2 Å². The number of esters is 3. The molecule has 7 aromatic rings. The smallest absolute Gasteiger partial charge is 0.430 e. The van der Waals surface area contributed by atoms with Gasteiger partial charge in [0.1, 0.15) is 17.2 Å². The van der Waals surface area contributed by atoms with Crippen LogP contribution in [0.2, 0.25) is 0 Å². The van der Waals surface area contributed by atoms with Crippen molar-refractivity contribution in [1.82, 2.24) is 15.0 Å². The first kappa shape index (κ1) is 35.2. The van der Waals surface area contributed by atoms with Gasteiger partial charge in [-0.2, -0.15) is 0 Å². The van der Waals surface area contributed by atoms with Gasteiger partial charge in [0.05, 0.1) is 0 Å². The van der Waals surface area contributed by atoms with Crippen LogP contribution in [-0.4, -0.2) is 32.9 Å². The van der Waals surface area contributed by atoms with E-state index in [0.29, 0.717) is 33.8 Å². The summed E-state index contributed by atoms with van der Waals surface area (Å²) in [5, 5.41) is 0. The standard InChI is InChI=1S/C42H24N3O6.Ir/c46-40(31-16-10-28(11-17-31)37-7-1-4-22-43-37)49-34-25-35(50-41(47)32-18-12-29(13-19-32)38-8-2-5-23-44-38)27-36(26-34)51-42(48)33-20-14-30(15-21-33)39-9-3-6-24-45-39;/h1-10,12,14,16-27H;/q-3;+3. The van der Waals surface area contributed by atoms with E-state index < -0.39 is 17.9 Å². The van der Waals surface area contributed by atoms with Gasteiger partial charge in [-0.3, -0.25) is 14.4 Å². The van der Waals surface area contributed by atoms with Gasteiger partial charge in [-0.05, 0) is 52.0 Å². The molecule has 10 heteroatoms. The van der Waals surface area contributed by atoms with Crippen molar-refractivity contribution in [3.63, 3.8) is 0 Å². The Morgan fingerprint density at radius 1 is 0.423 bits per heavy atom. The number of carbonyl (C=O) groups is 3. The Hall–Kier alpha value is -6.61. The summed E-state index contributed by atoms with van der Waals surface area (Å²) >= 11 is 0. The second-order valence-electron chi connectivity index (χ2n) is 10.9. The van der Waals surface area contributed by atoms with E-state index in [1.165, 1.54) is 36.4 Å². The molecule has 0 amide bonds.